The number of fused-ring (bicyclic) bond motifs is 2. The van der Waals surface area contributed by atoms with Gasteiger partial charge in [0.25, 0.3) is 0 Å². The van der Waals surface area contributed by atoms with Crippen LogP contribution in [0, 0.1) is 17.8 Å². The lowest BCUT2D eigenvalue weighted by molar-refractivity contribution is 0.0868. The van der Waals surface area contributed by atoms with Gasteiger partial charge in [-0.1, -0.05) is 12.5 Å². The Kier molecular flexibility index (Phi) is 3.21. The van der Waals surface area contributed by atoms with E-state index in [9.17, 15) is 4.79 Å². The normalized spacial score (nSPS) is 28.4. The lowest BCUT2D eigenvalue weighted by Crippen LogP contribution is -2.22. The largest absolute Gasteiger partial charge is 0.496 e. The Morgan fingerprint density at radius 1 is 1.11 bits per heavy atom. The van der Waals surface area contributed by atoms with Gasteiger partial charge >= 0.3 is 0 Å². The fourth-order valence-electron chi connectivity index (χ4n) is 3.85. The van der Waals surface area contributed by atoms with E-state index in [-0.39, 0.29) is 11.7 Å². The molecule has 0 radical (unpaired) electrons. The molecule has 0 N–H and O–H groups in total. The van der Waals surface area contributed by atoms with Crippen LogP contribution in [0.4, 0.5) is 0 Å². The number of ketones is 1. The fourth-order valence-corrected chi connectivity index (χ4v) is 3.85. The first-order chi connectivity index (χ1) is 9.24. The molecule has 0 aliphatic heterocycles. The van der Waals surface area contributed by atoms with Crippen LogP contribution in [-0.2, 0) is 0 Å². The van der Waals surface area contributed by atoms with Crippen LogP contribution in [0.3, 0.4) is 0 Å². The predicted octanol–water partition coefficient (Wildman–Crippen LogP) is 3.32. The van der Waals surface area contributed by atoms with Crippen molar-refractivity contribution in [3.63, 3.8) is 0 Å². The van der Waals surface area contributed by atoms with Crippen molar-refractivity contribution in [2.45, 2.75) is 25.7 Å². The third-order valence-electron chi connectivity index (χ3n) is 4.75. The minimum absolute atomic E-state index is 0.170. The van der Waals surface area contributed by atoms with Crippen molar-refractivity contribution in [2.75, 3.05) is 14.2 Å². The average Bonchev–Trinajstić information content (AvgIpc) is 3.08. The molecule has 2 saturated carbocycles. The van der Waals surface area contributed by atoms with E-state index in [2.05, 4.69) is 0 Å². The number of benzene rings is 1. The summed E-state index contributed by atoms with van der Waals surface area (Å²) in [6.07, 6.45) is 4.79. The molecule has 3 unspecified atom stereocenters. The number of methoxy groups -OCH3 is 2. The molecule has 2 aliphatic rings. The summed E-state index contributed by atoms with van der Waals surface area (Å²) < 4.78 is 10.7. The summed E-state index contributed by atoms with van der Waals surface area (Å²) in [7, 11) is 3.21. The molecule has 2 fully saturated rings. The van der Waals surface area contributed by atoms with Gasteiger partial charge in [0.1, 0.15) is 17.1 Å². The molecule has 0 spiro atoms. The Bertz CT molecular complexity index is 473. The molecule has 1 aromatic rings. The molecule has 3 atom stereocenters. The molecule has 3 heteroatoms. The molecule has 1 aromatic carbocycles. The number of carbonyl (C=O) groups excluding carboxylic acids is 1. The Balaban J connectivity index is 1.95. The van der Waals surface area contributed by atoms with E-state index in [0.29, 0.717) is 23.0 Å². The summed E-state index contributed by atoms with van der Waals surface area (Å²) in [6, 6.07) is 5.53. The smallest absolute Gasteiger partial charge is 0.173 e. The number of ether oxygens (including phenoxy) is 2. The molecule has 102 valence electrons. The molecule has 0 aromatic heterocycles. The van der Waals surface area contributed by atoms with Gasteiger partial charge in [-0.25, -0.2) is 0 Å². The van der Waals surface area contributed by atoms with E-state index in [1.807, 2.05) is 18.2 Å². The second-order valence-corrected chi connectivity index (χ2v) is 5.68. The second-order valence-electron chi connectivity index (χ2n) is 5.68. The Hall–Kier alpha value is -1.51. The van der Waals surface area contributed by atoms with Crippen molar-refractivity contribution >= 4 is 5.78 Å². The standard InChI is InChI=1S/C16H20O3/c1-18-13-4-3-5-14(19-2)15(13)16(17)12-9-10-6-7-11(12)8-10/h3-5,10-12H,6-9H2,1-2H3. The summed E-state index contributed by atoms with van der Waals surface area (Å²) in [5, 5.41) is 0. The predicted molar refractivity (Wildman–Crippen MR) is 72.8 cm³/mol. The number of Topliss-reactive ketones (excluding diaryl/α,β-unsaturated/α-hetero) is 1. The number of hydrogen-bond acceptors (Lipinski definition) is 3. The summed E-state index contributed by atoms with van der Waals surface area (Å²) in [5.41, 5.74) is 0.630. The topological polar surface area (TPSA) is 35.5 Å². The highest BCUT2D eigenvalue weighted by molar-refractivity contribution is 6.03. The molecule has 3 nitrogen and oxygen atoms in total. The van der Waals surface area contributed by atoms with Gasteiger partial charge in [-0.2, -0.15) is 0 Å². The average molecular weight is 260 g/mol. The van der Waals surface area contributed by atoms with E-state index >= 15 is 0 Å². The highest BCUT2D eigenvalue weighted by Gasteiger charge is 2.44. The van der Waals surface area contributed by atoms with Crippen LogP contribution in [0.1, 0.15) is 36.0 Å². The van der Waals surface area contributed by atoms with E-state index in [0.717, 1.165) is 12.3 Å². The molecule has 2 aliphatic carbocycles. The van der Waals surface area contributed by atoms with Crippen LogP contribution in [0.25, 0.3) is 0 Å². The van der Waals surface area contributed by atoms with Crippen LogP contribution < -0.4 is 9.47 Å². The van der Waals surface area contributed by atoms with Gasteiger partial charge in [0.05, 0.1) is 14.2 Å². The van der Waals surface area contributed by atoms with Gasteiger partial charge in [0.15, 0.2) is 5.78 Å². The van der Waals surface area contributed by atoms with Crippen molar-refractivity contribution in [3.8, 4) is 11.5 Å². The first kappa shape index (κ1) is 12.5. The van der Waals surface area contributed by atoms with Crippen LogP contribution in [0.2, 0.25) is 0 Å². The molecule has 0 heterocycles. The fraction of sp³-hybridized carbons (Fsp3) is 0.562. The maximum atomic E-state index is 12.8. The van der Waals surface area contributed by atoms with E-state index in [1.54, 1.807) is 14.2 Å². The lowest BCUT2D eigenvalue weighted by atomic mass is 9.83. The zero-order valence-corrected chi connectivity index (χ0v) is 11.5. The highest BCUT2D eigenvalue weighted by atomic mass is 16.5. The number of rotatable bonds is 4. The monoisotopic (exact) mass is 260 g/mol. The van der Waals surface area contributed by atoms with Crippen molar-refractivity contribution in [1.82, 2.24) is 0 Å². The lowest BCUT2D eigenvalue weighted by Gasteiger charge is -2.22. The third kappa shape index (κ3) is 2.01. The molecule has 0 amide bonds. The van der Waals surface area contributed by atoms with Crippen LogP contribution in [0.5, 0.6) is 11.5 Å². The van der Waals surface area contributed by atoms with Gasteiger partial charge in [0.2, 0.25) is 0 Å². The highest BCUT2D eigenvalue weighted by Crippen LogP contribution is 2.50. The molecule has 19 heavy (non-hydrogen) atoms. The molecule has 3 rings (SSSR count). The Labute approximate surface area is 113 Å². The quantitative estimate of drug-likeness (QED) is 0.779. The first-order valence-corrected chi connectivity index (χ1v) is 6.99. The number of hydrogen-bond donors (Lipinski definition) is 0. The van der Waals surface area contributed by atoms with Crippen molar-refractivity contribution in [2.24, 2.45) is 17.8 Å². The summed E-state index contributed by atoms with van der Waals surface area (Å²) in [6.45, 7) is 0. The molecule has 2 bridgehead atoms. The number of carbonyl (C=O) groups is 1. The van der Waals surface area contributed by atoms with E-state index in [1.165, 1.54) is 19.3 Å². The van der Waals surface area contributed by atoms with Crippen molar-refractivity contribution < 1.29 is 14.3 Å². The molecular formula is C16H20O3. The maximum Gasteiger partial charge on any atom is 0.173 e. The van der Waals surface area contributed by atoms with Crippen LogP contribution >= 0.6 is 0 Å². The van der Waals surface area contributed by atoms with Crippen LogP contribution in [-0.4, -0.2) is 20.0 Å². The molecule has 0 saturated heterocycles. The summed E-state index contributed by atoms with van der Waals surface area (Å²) >= 11 is 0. The van der Waals surface area contributed by atoms with E-state index < -0.39 is 0 Å². The van der Waals surface area contributed by atoms with Gasteiger partial charge < -0.3 is 9.47 Å². The first-order valence-electron chi connectivity index (χ1n) is 6.99. The van der Waals surface area contributed by atoms with Gasteiger partial charge in [-0.05, 0) is 43.2 Å². The Morgan fingerprint density at radius 2 is 1.79 bits per heavy atom. The van der Waals surface area contributed by atoms with Gasteiger partial charge in [0, 0.05) is 5.92 Å². The minimum Gasteiger partial charge on any atom is -0.496 e. The second kappa shape index (κ2) is 4.87. The van der Waals surface area contributed by atoms with Gasteiger partial charge in [-0.3, -0.25) is 4.79 Å². The Morgan fingerprint density at radius 3 is 2.26 bits per heavy atom. The minimum atomic E-state index is 0.170. The maximum absolute atomic E-state index is 12.8. The summed E-state index contributed by atoms with van der Waals surface area (Å²) in [4.78, 5) is 12.8. The van der Waals surface area contributed by atoms with Crippen molar-refractivity contribution in [3.05, 3.63) is 23.8 Å². The van der Waals surface area contributed by atoms with Gasteiger partial charge in [-0.15, -0.1) is 0 Å². The zero-order valence-electron chi connectivity index (χ0n) is 11.5. The third-order valence-corrected chi connectivity index (χ3v) is 4.75. The van der Waals surface area contributed by atoms with Crippen molar-refractivity contribution in [1.29, 1.82) is 0 Å². The van der Waals surface area contributed by atoms with E-state index in [4.69, 9.17) is 9.47 Å². The van der Waals surface area contributed by atoms with Crippen LogP contribution in [0.15, 0.2) is 18.2 Å². The molecular weight excluding hydrogens is 240 g/mol. The SMILES string of the molecule is COc1cccc(OC)c1C(=O)C1CC2CCC1C2. The summed E-state index contributed by atoms with van der Waals surface area (Å²) in [5.74, 6) is 2.98. The zero-order chi connectivity index (χ0) is 13.4.